The van der Waals surface area contributed by atoms with Gasteiger partial charge in [-0.05, 0) is 160 Å². The summed E-state index contributed by atoms with van der Waals surface area (Å²) in [7, 11) is 0. The van der Waals surface area contributed by atoms with E-state index in [0.29, 0.717) is 0 Å². The molecular formula is C56H45BN2. The summed E-state index contributed by atoms with van der Waals surface area (Å²) in [5.74, 6) is 3.15. The SMILES string of the molecule is c1ccc2c(c1)B1c3ccccc3N(c3cccc4c3-c3ccccc3[C@@]43C[C@@H]4CC[C@H]3C4)c3cccc(c31)N2c1ccc2c(c1)[C@@]1(C[C@H]3CC[C@@H]1C3)c1ccccc1-2. The molecule has 4 bridgehead atoms. The highest BCUT2D eigenvalue weighted by Crippen LogP contribution is 2.68. The van der Waals surface area contributed by atoms with Crippen molar-refractivity contribution in [1.29, 1.82) is 0 Å². The van der Waals surface area contributed by atoms with Crippen molar-refractivity contribution in [2.75, 3.05) is 9.80 Å². The van der Waals surface area contributed by atoms with E-state index in [-0.39, 0.29) is 17.5 Å². The normalized spacial score (nSPS) is 27.5. The Hall–Kier alpha value is -5.80. The summed E-state index contributed by atoms with van der Waals surface area (Å²) in [6.45, 7) is 0.137. The van der Waals surface area contributed by atoms with Crippen molar-refractivity contribution in [2.24, 2.45) is 23.7 Å². The zero-order valence-electron chi connectivity index (χ0n) is 33.4. The zero-order valence-corrected chi connectivity index (χ0v) is 33.4. The molecule has 2 heterocycles. The predicted octanol–water partition coefficient (Wildman–Crippen LogP) is 11.9. The lowest BCUT2D eigenvalue weighted by Crippen LogP contribution is -2.61. The Labute approximate surface area is 347 Å². The minimum absolute atomic E-state index is 0.134. The highest BCUT2D eigenvalue weighted by atomic mass is 15.2. The van der Waals surface area contributed by atoms with Gasteiger partial charge < -0.3 is 9.80 Å². The molecular weight excluding hydrogens is 711 g/mol. The first-order valence-electron chi connectivity index (χ1n) is 22.6. The molecule has 3 heteroatoms. The summed E-state index contributed by atoms with van der Waals surface area (Å²) >= 11 is 0. The van der Waals surface area contributed by atoms with Gasteiger partial charge in [0.2, 0.25) is 0 Å². The standard InChI is InChI=1S/C56H45BN2/c1-3-13-42-39(11-1)40-28-27-38(31-45(40)56(42)33-35-24-26-37(56)30-35)58-48-18-7-5-16-46(48)57-47-17-6-8-19-49(47)59(52-22-10-21-51(58)54(52)57)50-20-9-15-44-53(50)41-12-2-4-14-43(41)55(44)32-34-23-25-36(55)29-34/h1-22,27-28,31,34-37H,23-26,29-30,32-33H2/t34-,35+,36+,37-,55+,56-/m1/s1. The number of hydrogen-bond donors (Lipinski definition) is 0. The molecule has 0 radical (unpaired) electrons. The van der Waals surface area contributed by atoms with Gasteiger partial charge in [0.05, 0.1) is 5.69 Å². The van der Waals surface area contributed by atoms with E-state index in [1.807, 2.05) is 0 Å². The van der Waals surface area contributed by atoms with Gasteiger partial charge in [-0.15, -0.1) is 0 Å². The lowest BCUT2D eigenvalue weighted by atomic mass is 9.33. The number of nitrogens with zero attached hydrogens (tertiary/aromatic N) is 2. The third-order valence-electron chi connectivity index (χ3n) is 17.4. The third-order valence-corrected chi connectivity index (χ3v) is 17.4. The van der Waals surface area contributed by atoms with E-state index < -0.39 is 0 Å². The van der Waals surface area contributed by atoms with Gasteiger partial charge in [0.25, 0.3) is 6.71 Å². The van der Waals surface area contributed by atoms with Gasteiger partial charge in [0.1, 0.15) is 0 Å². The van der Waals surface area contributed by atoms with Crippen molar-refractivity contribution in [3.05, 3.63) is 174 Å². The molecule has 7 aromatic carbocycles. The maximum Gasteiger partial charge on any atom is 0.252 e. The zero-order chi connectivity index (χ0) is 38.2. The molecule has 0 saturated heterocycles. The number of fused-ring (bicyclic) bond motifs is 20. The summed E-state index contributed by atoms with van der Waals surface area (Å²) in [6, 6.07) is 59.6. The molecule has 4 saturated carbocycles. The van der Waals surface area contributed by atoms with E-state index in [0.717, 1.165) is 23.7 Å². The molecule has 6 aliphatic carbocycles. The van der Waals surface area contributed by atoms with Crippen molar-refractivity contribution >= 4 is 57.2 Å². The lowest BCUT2D eigenvalue weighted by Gasteiger charge is -2.44. The monoisotopic (exact) mass is 756 g/mol. The molecule has 59 heavy (non-hydrogen) atoms. The van der Waals surface area contributed by atoms with Crippen LogP contribution in [0, 0.1) is 23.7 Å². The fourth-order valence-electron chi connectivity index (χ4n) is 15.5. The van der Waals surface area contributed by atoms with E-state index in [1.165, 1.54) is 124 Å². The first-order chi connectivity index (χ1) is 29.2. The molecule has 7 aromatic rings. The fraction of sp³-hybridized carbons (Fsp3) is 0.250. The van der Waals surface area contributed by atoms with Crippen LogP contribution < -0.4 is 26.2 Å². The minimum Gasteiger partial charge on any atom is -0.311 e. The van der Waals surface area contributed by atoms with Crippen LogP contribution >= 0.6 is 0 Å². The predicted molar refractivity (Wildman–Crippen MR) is 244 cm³/mol. The van der Waals surface area contributed by atoms with Crippen LogP contribution in [0.2, 0.25) is 0 Å². The molecule has 6 atom stereocenters. The number of benzene rings is 7. The Morgan fingerprint density at radius 1 is 0.424 bits per heavy atom. The Balaban J connectivity index is 0.964. The summed E-state index contributed by atoms with van der Waals surface area (Å²) in [4.78, 5) is 5.30. The highest BCUT2D eigenvalue weighted by Gasteiger charge is 2.59. The van der Waals surface area contributed by atoms with Gasteiger partial charge in [-0.2, -0.15) is 0 Å². The van der Waals surface area contributed by atoms with E-state index in [9.17, 15) is 0 Å². The molecule has 2 spiro atoms. The van der Waals surface area contributed by atoms with Crippen LogP contribution in [0.4, 0.5) is 34.1 Å². The van der Waals surface area contributed by atoms with Gasteiger partial charge in [-0.25, -0.2) is 0 Å². The minimum atomic E-state index is 0.134. The van der Waals surface area contributed by atoms with Gasteiger partial charge in [-0.3, -0.25) is 0 Å². The largest absolute Gasteiger partial charge is 0.311 e. The van der Waals surface area contributed by atoms with E-state index in [2.05, 4.69) is 161 Å². The molecule has 282 valence electrons. The van der Waals surface area contributed by atoms with Crippen LogP contribution in [0.3, 0.4) is 0 Å². The Morgan fingerprint density at radius 3 is 1.64 bits per heavy atom. The number of para-hydroxylation sites is 2. The maximum atomic E-state index is 2.67. The second-order valence-electron chi connectivity index (χ2n) is 19.6. The van der Waals surface area contributed by atoms with Crippen molar-refractivity contribution in [3.63, 3.8) is 0 Å². The lowest BCUT2D eigenvalue weighted by molar-refractivity contribution is 0.327. The topological polar surface area (TPSA) is 6.48 Å². The van der Waals surface area contributed by atoms with E-state index in [1.54, 1.807) is 22.3 Å². The second kappa shape index (κ2) is 11.1. The van der Waals surface area contributed by atoms with Crippen LogP contribution in [0.15, 0.2) is 152 Å². The van der Waals surface area contributed by atoms with Crippen LogP contribution in [-0.2, 0) is 10.8 Å². The number of hydrogen-bond acceptors (Lipinski definition) is 2. The Bertz CT molecular complexity index is 3000. The van der Waals surface area contributed by atoms with Crippen molar-refractivity contribution in [1.82, 2.24) is 0 Å². The fourth-order valence-corrected chi connectivity index (χ4v) is 15.5. The number of anilines is 6. The molecule has 15 rings (SSSR count). The molecule has 0 amide bonds. The van der Waals surface area contributed by atoms with Crippen LogP contribution in [0.5, 0.6) is 0 Å². The van der Waals surface area contributed by atoms with Gasteiger partial charge >= 0.3 is 0 Å². The smallest absolute Gasteiger partial charge is 0.252 e. The van der Waals surface area contributed by atoms with Crippen LogP contribution in [0.1, 0.15) is 73.6 Å². The molecule has 4 fully saturated rings. The first-order valence-corrected chi connectivity index (χ1v) is 22.6. The summed E-state index contributed by atoms with van der Waals surface area (Å²) in [6.07, 6.45) is 10.9. The molecule has 0 N–H and O–H groups in total. The quantitative estimate of drug-likeness (QED) is 0.162. The average molecular weight is 757 g/mol. The summed E-state index contributed by atoms with van der Waals surface area (Å²) < 4.78 is 0. The molecule has 0 unspecified atom stereocenters. The molecule has 0 aromatic heterocycles. The molecule has 2 aliphatic heterocycles. The molecule has 8 aliphatic rings. The number of rotatable bonds is 2. The van der Waals surface area contributed by atoms with Gasteiger partial charge in [0, 0.05) is 44.8 Å². The van der Waals surface area contributed by atoms with Crippen LogP contribution in [-0.4, -0.2) is 6.71 Å². The first kappa shape index (κ1) is 32.1. The summed E-state index contributed by atoms with van der Waals surface area (Å²) in [5.41, 5.74) is 24.5. The third kappa shape index (κ3) is 3.75. The van der Waals surface area contributed by atoms with E-state index in [4.69, 9.17) is 0 Å². The molecule has 2 nitrogen and oxygen atoms in total. The van der Waals surface area contributed by atoms with E-state index >= 15 is 0 Å². The Morgan fingerprint density at radius 2 is 0.949 bits per heavy atom. The highest BCUT2D eigenvalue weighted by molar-refractivity contribution is 7.00. The second-order valence-corrected chi connectivity index (χ2v) is 19.6. The Kier molecular flexibility index (Phi) is 6.02. The maximum absolute atomic E-state index is 2.67. The van der Waals surface area contributed by atoms with Crippen molar-refractivity contribution in [2.45, 2.75) is 62.2 Å². The van der Waals surface area contributed by atoms with Gasteiger partial charge in [0.15, 0.2) is 0 Å². The van der Waals surface area contributed by atoms with Crippen molar-refractivity contribution < 1.29 is 0 Å². The van der Waals surface area contributed by atoms with Gasteiger partial charge in [-0.1, -0.05) is 122 Å². The van der Waals surface area contributed by atoms with Crippen molar-refractivity contribution in [3.8, 4) is 22.3 Å². The summed E-state index contributed by atoms with van der Waals surface area (Å²) in [5, 5.41) is 0. The van der Waals surface area contributed by atoms with Crippen LogP contribution in [0.25, 0.3) is 22.3 Å². The average Bonchev–Trinajstić information content (AvgIpc) is 4.17.